The van der Waals surface area contributed by atoms with E-state index in [1.165, 1.54) is 24.5 Å². The van der Waals surface area contributed by atoms with Crippen molar-refractivity contribution in [3.8, 4) is 11.5 Å². The number of hydrogen-bond donors (Lipinski definition) is 1. The van der Waals surface area contributed by atoms with Crippen molar-refractivity contribution in [3.63, 3.8) is 0 Å². The number of para-hydroxylation sites is 1. The summed E-state index contributed by atoms with van der Waals surface area (Å²) in [7, 11) is 0. The van der Waals surface area contributed by atoms with E-state index < -0.39 is 17.6 Å². The highest BCUT2D eigenvalue weighted by Crippen LogP contribution is 2.32. The van der Waals surface area contributed by atoms with Gasteiger partial charge in [-0.2, -0.15) is 13.2 Å². The Labute approximate surface area is 162 Å². The van der Waals surface area contributed by atoms with Gasteiger partial charge >= 0.3 is 6.18 Å². The Bertz CT molecular complexity index is 1140. The van der Waals surface area contributed by atoms with Crippen LogP contribution in [0.3, 0.4) is 0 Å². The summed E-state index contributed by atoms with van der Waals surface area (Å²) in [5.74, 6) is 0.754. The van der Waals surface area contributed by atoms with E-state index in [2.05, 4.69) is 15.3 Å². The number of rotatable bonds is 4. The smallest absolute Gasteiger partial charge is 0.416 e. The monoisotopic (exact) mass is 399 g/mol. The topological polar surface area (TPSA) is 47.0 Å². The van der Waals surface area contributed by atoms with E-state index in [4.69, 9.17) is 4.74 Å². The lowest BCUT2D eigenvalue weighted by atomic mass is 10.2. The summed E-state index contributed by atoms with van der Waals surface area (Å²) in [6, 6.07) is 15.8. The first-order chi connectivity index (χ1) is 13.9. The van der Waals surface area contributed by atoms with Crippen molar-refractivity contribution in [2.24, 2.45) is 0 Å². The number of nitrogens with one attached hydrogen (secondary N) is 1. The summed E-state index contributed by atoms with van der Waals surface area (Å²) in [5.41, 5.74) is 0.152. The van der Waals surface area contributed by atoms with E-state index in [0.717, 1.165) is 12.1 Å². The molecule has 4 aromatic rings. The minimum atomic E-state index is -4.39. The maximum absolute atomic E-state index is 13.9. The molecule has 0 spiro atoms. The van der Waals surface area contributed by atoms with Crippen LogP contribution in [0, 0.1) is 5.82 Å². The minimum Gasteiger partial charge on any atom is -0.457 e. The van der Waals surface area contributed by atoms with E-state index >= 15 is 0 Å². The molecule has 1 heterocycles. The molecule has 0 aliphatic carbocycles. The van der Waals surface area contributed by atoms with Crippen molar-refractivity contribution in [1.82, 2.24) is 9.97 Å². The Balaban J connectivity index is 1.50. The number of fused-ring (bicyclic) bond motifs is 1. The predicted octanol–water partition coefficient (Wildman–Crippen LogP) is 6.32. The Hall–Kier alpha value is -3.68. The highest BCUT2D eigenvalue weighted by Gasteiger charge is 2.30. The number of ether oxygens (including phenoxy) is 1. The van der Waals surface area contributed by atoms with Gasteiger partial charge in [-0.25, -0.2) is 14.4 Å². The van der Waals surface area contributed by atoms with Gasteiger partial charge in [-0.3, -0.25) is 0 Å². The van der Waals surface area contributed by atoms with E-state index in [0.29, 0.717) is 22.6 Å². The molecule has 8 heteroatoms. The number of anilines is 2. The molecular formula is C21H13F4N3O. The fourth-order valence-electron chi connectivity index (χ4n) is 2.74. The molecule has 4 nitrogen and oxygen atoms in total. The summed E-state index contributed by atoms with van der Waals surface area (Å²) in [5, 5.41) is 3.63. The van der Waals surface area contributed by atoms with E-state index in [1.807, 2.05) is 0 Å². The second-order valence-electron chi connectivity index (χ2n) is 6.13. The first-order valence-corrected chi connectivity index (χ1v) is 8.51. The largest absolute Gasteiger partial charge is 0.457 e. The highest BCUT2D eigenvalue weighted by atomic mass is 19.4. The normalized spacial score (nSPS) is 11.4. The average Bonchev–Trinajstić information content (AvgIpc) is 2.70. The van der Waals surface area contributed by atoms with Crippen LogP contribution in [0.25, 0.3) is 10.9 Å². The SMILES string of the molecule is Fc1cccc2c(Nc3ccc(Oc4ccc(C(F)(F)F)cc4)cc3)ncnc12. The Kier molecular flexibility index (Phi) is 4.75. The third-order valence-electron chi connectivity index (χ3n) is 4.15. The molecule has 0 unspecified atom stereocenters. The molecule has 29 heavy (non-hydrogen) atoms. The van der Waals surface area contributed by atoms with Crippen molar-refractivity contribution in [3.05, 3.63) is 84.4 Å². The number of alkyl halides is 3. The first kappa shape index (κ1) is 18.7. The average molecular weight is 399 g/mol. The van der Waals surface area contributed by atoms with Crippen LogP contribution in [0.4, 0.5) is 29.1 Å². The number of halogens is 4. The number of hydrogen-bond acceptors (Lipinski definition) is 4. The summed E-state index contributed by atoms with van der Waals surface area (Å²) in [6.07, 6.45) is -3.12. The minimum absolute atomic E-state index is 0.215. The lowest BCUT2D eigenvalue weighted by Crippen LogP contribution is -2.03. The lowest BCUT2D eigenvalue weighted by molar-refractivity contribution is -0.137. The molecule has 0 amide bonds. The van der Waals surface area contributed by atoms with Crippen molar-refractivity contribution < 1.29 is 22.3 Å². The molecule has 0 saturated heterocycles. The van der Waals surface area contributed by atoms with Gasteiger partial charge in [0.1, 0.15) is 35.0 Å². The number of benzene rings is 3. The lowest BCUT2D eigenvalue weighted by Gasteiger charge is -2.11. The van der Waals surface area contributed by atoms with Gasteiger partial charge in [0.2, 0.25) is 0 Å². The molecule has 0 saturated carbocycles. The zero-order chi connectivity index (χ0) is 20.4. The van der Waals surface area contributed by atoms with E-state index in [-0.39, 0.29) is 11.3 Å². The van der Waals surface area contributed by atoms with E-state index in [9.17, 15) is 17.6 Å². The van der Waals surface area contributed by atoms with Gasteiger partial charge in [0, 0.05) is 11.1 Å². The molecule has 146 valence electrons. The molecule has 1 N–H and O–H groups in total. The van der Waals surface area contributed by atoms with Crippen molar-refractivity contribution in [1.29, 1.82) is 0 Å². The zero-order valence-corrected chi connectivity index (χ0v) is 14.7. The standard InChI is InChI=1S/C21H13F4N3O/c22-18-3-1-2-17-19(18)26-12-27-20(17)28-14-6-10-16(11-7-14)29-15-8-4-13(5-9-15)21(23,24)25/h1-12H,(H,26,27,28). The molecule has 4 rings (SSSR count). The van der Waals surface area contributed by atoms with Crippen LogP contribution < -0.4 is 10.1 Å². The molecular weight excluding hydrogens is 386 g/mol. The van der Waals surface area contributed by atoms with Crippen LogP contribution in [0.5, 0.6) is 11.5 Å². The second kappa shape index (κ2) is 7.38. The fourth-order valence-corrected chi connectivity index (χ4v) is 2.74. The van der Waals surface area contributed by atoms with Gasteiger partial charge in [-0.05, 0) is 60.7 Å². The number of nitrogens with zero attached hydrogens (tertiary/aromatic N) is 2. The number of aromatic nitrogens is 2. The molecule has 0 atom stereocenters. The maximum Gasteiger partial charge on any atom is 0.416 e. The van der Waals surface area contributed by atoms with Crippen LogP contribution in [0.1, 0.15) is 5.56 Å². The van der Waals surface area contributed by atoms with Crippen molar-refractivity contribution >= 4 is 22.4 Å². The van der Waals surface area contributed by atoms with Gasteiger partial charge < -0.3 is 10.1 Å². The molecule has 0 radical (unpaired) electrons. The van der Waals surface area contributed by atoms with Crippen molar-refractivity contribution in [2.75, 3.05) is 5.32 Å². The van der Waals surface area contributed by atoms with Crippen LogP contribution in [-0.2, 0) is 6.18 Å². The summed E-state index contributed by atoms with van der Waals surface area (Å²) >= 11 is 0. The summed E-state index contributed by atoms with van der Waals surface area (Å²) in [6.45, 7) is 0. The third-order valence-corrected chi connectivity index (χ3v) is 4.15. The maximum atomic E-state index is 13.9. The predicted molar refractivity (Wildman–Crippen MR) is 101 cm³/mol. The zero-order valence-electron chi connectivity index (χ0n) is 14.7. The van der Waals surface area contributed by atoms with Crippen LogP contribution in [0.15, 0.2) is 73.1 Å². The third kappa shape index (κ3) is 4.11. The molecule has 3 aromatic carbocycles. The molecule has 0 aliphatic heterocycles. The quantitative estimate of drug-likeness (QED) is 0.408. The Morgan fingerprint density at radius 1 is 0.793 bits per heavy atom. The van der Waals surface area contributed by atoms with E-state index in [1.54, 1.807) is 36.4 Å². The van der Waals surface area contributed by atoms with Crippen molar-refractivity contribution in [2.45, 2.75) is 6.18 Å². The van der Waals surface area contributed by atoms with Gasteiger partial charge in [0.15, 0.2) is 0 Å². The Morgan fingerprint density at radius 2 is 1.45 bits per heavy atom. The van der Waals surface area contributed by atoms with Gasteiger partial charge in [0.05, 0.1) is 5.56 Å². The van der Waals surface area contributed by atoms with Crippen LogP contribution in [-0.4, -0.2) is 9.97 Å². The van der Waals surface area contributed by atoms with Gasteiger partial charge in [-0.1, -0.05) is 6.07 Å². The van der Waals surface area contributed by atoms with Crippen LogP contribution >= 0.6 is 0 Å². The fraction of sp³-hybridized carbons (Fsp3) is 0.0476. The molecule has 0 aliphatic rings. The second-order valence-corrected chi connectivity index (χ2v) is 6.13. The summed E-state index contributed by atoms with van der Waals surface area (Å²) in [4.78, 5) is 8.10. The Morgan fingerprint density at radius 3 is 2.10 bits per heavy atom. The van der Waals surface area contributed by atoms with Gasteiger partial charge in [-0.15, -0.1) is 0 Å². The molecule has 0 bridgehead atoms. The molecule has 0 fully saturated rings. The summed E-state index contributed by atoms with van der Waals surface area (Å²) < 4.78 is 57.3. The highest BCUT2D eigenvalue weighted by molar-refractivity contribution is 5.90. The van der Waals surface area contributed by atoms with Crippen LogP contribution in [0.2, 0.25) is 0 Å². The molecule has 1 aromatic heterocycles. The first-order valence-electron chi connectivity index (χ1n) is 8.51. The van der Waals surface area contributed by atoms with Gasteiger partial charge in [0.25, 0.3) is 0 Å².